The largest absolute Gasteiger partial charge is 0.486 e. The number of carbonyl (C=O) groups is 1. The van der Waals surface area contributed by atoms with Crippen LogP contribution in [0.15, 0.2) is 36.7 Å². The van der Waals surface area contributed by atoms with E-state index in [2.05, 4.69) is 15.0 Å². The minimum atomic E-state index is -0.638. The number of fused-ring (bicyclic) bond motifs is 1. The number of amides is 1. The lowest BCUT2D eigenvalue weighted by Gasteiger charge is -2.34. The molecule has 0 saturated carbocycles. The fraction of sp³-hybridized carbons (Fsp3) is 0.333. The first-order valence-corrected chi connectivity index (χ1v) is 10.8. The molecule has 0 unspecified atom stereocenters. The normalized spacial score (nSPS) is 13.1. The molecule has 0 radical (unpaired) electrons. The summed E-state index contributed by atoms with van der Waals surface area (Å²) in [5, 5.41) is 0. The van der Waals surface area contributed by atoms with Crippen LogP contribution in [0.3, 0.4) is 0 Å². The Morgan fingerprint density at radius 3 is 2.70 bits per heavy atom. The Bertz CT molecular complexity index is 1170. The monoisotopic (exact) mass is 453 g/mol. The first kappa shape index (κ1) is 22.6. The Morgan fingerprint density at radius 1 is 1.18 bits per heavy atom. The van der Waals surface area contributed by atoms with Crippen molar-refractivity contribution >= 4 is 11.6 Å². The van der Waals surface area contributed by atoms with E-state index in [9.17, 15) is 13.6 Å². The van der Waals surface area contributed by atoms with Crippen LogP contribution >= 0.6 is 0 Å². The average Bonchev–Trinajstić information content (AvgIpc) is 2.79. The molecule has 2 aromatic heterocycles. The molecule has 172 valence electrons. The second-order valence-corrected chi connectivity index (χ2v) is 8.23. The van der Waals surface area contributed by atoms with Crippen molar-refractivity contribution in [3.63, 3.8) is 0 Å². The summed E-state index contributed by atoms with van der Waals surface area (Å²) in [7, 11) is 0. The molecule has 0 saturated heterocycles. The zero-order valence-corrected chi connectivity index (χ0v) is 18.5. The molecular formula is C24H25F2N5O2. The number of carbonyl (C=O) groups excluding carboxylic acids is 1. The number of nitrogens with two attached hydrogens (primary N) is 1. The lowest BCUT2D eigenvalue weighted by atomic mass is 10.1. The van der Waals surface area contributed by atoms with Gasteiger partial charge in [-0.25, -0.2) is 18.7 Å². The van der Waals surface area contributed by atoms with E-state index in [1.807, 2.05) is 24.8 Å². The summed E-state index contributed by atoms with van der Waals surface area (Å²) in [5.41, 5.74) is 7.67. The van der Waals surface area contributed by atoms with Crippen molar-refractivity contribution in [2.45, 2.75) is 39.2 Å². The van der Waals surface area contributed by atoms with Crippen LogP contribution in [-0.4, -0.2) is 40.1 Å². The summed E-state index contributed by atoms with van der Waals surface area (Å²) in [4.78, 5) is 25.8. The van der Waals surface area contributed by atoms with Crippen LogP contribution in [0.2, 0.25) is 0 Å². The SMILES string of the molecule is CC(C)N1CCOc2c(F)cc(-c3nc(Cc4ccc(CCC(N)=O)cn4)ncc3F)cc21. The van der Waals surface area contributed by atoms with Crippen LogP contribution in [0.5, 0.6) is 5.75 Å². The van der Waals surface area contributed by atoms with Crippen molar-refractivity contribution in [1.29, 1.82) is 0 Å². The van der Waals surface area contributed by atoms with Gasteiger partial charge in [-0.15, -0.1) is 0 Å². The van der Waals surface area contributed by atoms with Crippen LogP contribution in [0, 0.1) is 11.6 Å². The third kappa shape index (κ3) is 5.08. The van der Waals surface area contributed by atoms with E-state index in [4.69, 9.17) is 10.5 Å². The molecular weight excluding hydrogens is 428 g/mol. The van der Waals surface area contributed by atoms with E-state index in [0.717, 1.165) is 11.8 Å². The van der Waals surface area contributed by atoms with Crippen molar-refractivity contribution in [2.75, 3.05) is 18.1 Å². The van der Waals surface area contributed by atoms with Gasteiger partial charge >= 0.3 is 0 Å². The number of primary amides is 1. The van der Waals surface area contributed by atoms with Gasteiger partial charge in [0.2, 0.25) is 5.91 Å². The number of aryl methyl sites for hydroxylation is 1. The number of aromatic nitrogens is 3. The van der Waals surface area contributed by atoms with E-state index in [1.54, 1.807) is 18.3 Å². The number of pyridine rings is 1. The first-order valence-electron chi connectivity index (χ1n) is 10.8. The number of nitrogens with zero attached hydrogens (tertiary/aromatic N) is 4. The average molecular weight is 453 g/mol. The highest BCUT2D eigenvalue weighted by Gasteiger charge is 2.25. The number of ether oxygens (including phenoxy) is 1. The molecule has 0 aliphatic carbocycles. The summed E-state index contributed by atoms with van der Waals surface area (Å²) in [6.07, 6.45) is 3.80. The van der Waals surface area contributed by atoms with Gasteiger partial charge in [-0.05, 0) is 44.0 Å². The summed E-state index contributed by atoms with van der Waals surface area (Å²) in [6, 6.07) is 6.74. The topological polar surface area (TPSA) is 94.2 Å². The standard InChI is InChI=1S/C24H25F2N5O2/c1-14(2)31-7-8-33-24-18(25)9-16(10-20(24)31)23-19(26)13-29-22(30-23)11-17-5-3-15(12-28-17)4-6-21(27)32/h3,5,9-10,12-14H,4,6-8,11H2,1-2H3,(H2,27,32). The van der Waals surface area contributed by atoms with Crippen molar-refractivity contribution < 1.29 is 18.3 Å². The van der Waals surface area contributed by atoms with Gasteiger partial charge < -0.3 is 15.4 Å². The minimum absolute atomic E-state index is 0.0223. The van der Waals surface area contributed by atoms with Gasteiger partial charge in [0.25, 0.3) is 0 Å². The number of hydrogen-bond acceptors (Lipinski definition) is 6. The van der Waals surface area contributed by atoms with E-state index >= 15 is 0 Å². The predicted octanol–water partition coefficient (Wildman–Crippen LogP) is 3.43. The molecule has 33 heavy (non-hydrogen) atoms. The third-order valence-corrected chi connectivity index (χ3v) is 5.49. The molecule has 3 aromatic rings. The summed E-state index contributed by atoms with van der Waals surface area (Å²) in [5.74, 6) is -1.03. The molecule has 7 nitrogen and oxygen atoms in total. The highest BCUT2D eigenvalue weighted by atomic mass is 19.1. The zero-order valence-electron chi connectivity index (χ0n) is 18.5. The van der Waals surface area contributed by atoms with E-state index in [0.29, 0.717) is 42.3 Å². The Balaban J connectivity index is 1.61. The third-order valence-electron chi connectivity index (χ3n) is 5.49. The predicted molar refractivity (Wildman–Crippen MR) is 120 cm³/mol. The van der Waals surface area contributed by atoms with Gasteiger partial charge in [-0.3, -0.25) is 9.78 Å². The molecule has 3 heterocycles. The molecule has 0 spiro atoms. The fourth-order valence-electron chi connectivity index (χ4n) is 3.80. The first-order chi connectivity index (χ1) is 15.8. The number of anilines is 1. The second-order valence-electron chi connectivity index (χ2n) is 8.23. The van der Waals surface area contributed by atoms with Crippen LogP contribution in [-0.2, 0) is 17.6 Å². The smallest absolute Gasteiger partial charge is 0.217 e. The quantitative estimate of drug-likeness (QED) is 0.589. The molecule has 1 aromatic carbocycles. The van der Waals surface area contributed by atoms with Crippen molar-refractivity contribution in [3.05, 3.63) is 65.4 Å². The Labute approximate surface area is 190 Å². The Morgan fingerprint density at radius 2 is 2.00 bits per heavy atom. The van der Waals surface area contributed by atoms with Crippen molar-refractivity contribution in [2.24, 2.45) is 5.73 Å². The number of benzene rings is 1. The highest BCUT2D eigenvalue weighted by molar-refractivity contribution is 5.74. The highest BCUT2D eigenvalue weighted by Crippen LogP contribution is 2.39. The molecule has 0 atom stereocenters. The van der Waals surface area contributed by atoms with Crippen LogP contribution in [0.1, 0.15) is 37.4 Å². The molecule has 1 aliphatic rings. The van der Waals surface area contributed by atoms with Gasteiger partial charge in [-0.2, -0.15) is 0 Å². The van der Waals surface area contributed by atoms with Crippen LogP contribution in [0.25, 0.3) is 11.3 Å². The second kappa shape index (κ2) is 9.48. The fourth-order valence-corrected chi connectivity index (χ4v) is 3.80. The maximum absolute atomic E-state index is 14.8. The number of hydrogen-bond donors (Lipinski definition) is 1. The molecule has 9 heteroatoms. The summed E-state index contributed by atoms with van der Waals surface area (Å²) < 4.78 is 35.0. The van der Waals surface area contributed by atoms with E-state index < -0.39 is 11.6 Å². The molecule has 0 fully saturated rings. The molecule has 1 aliphatic heterocycles. The summed E-state index contributed by atoms with van der Waals surface area (Å²) >= 11 is 0. The number of halogens is 2. The summed E-state index contributed by atoms with van der Waals surface area (Å²) in [6.45, 7) is 5.03. The van der Waals surface area contributed by atoms with Gasteiger partial charge in [0.15, 0.2) is 17.4 Å². The van der Waals surface area contributed by atoms with Crippen LogP contribution in [0.4, 0.5) is 14.5 Å². The minimum Gasteiger partial charge on any atom is -0.486 e. The molecule has 0 bridgehead atoms. The number of rotatable bonds is 7. The molecule has 4 rings (SSSR count). The van der Waals surface area contributed by atoms with E-state index in [1.165, 1.54) is 6.07 Å². The Hall–Kier alpha value is -3.62. The molecule has 2 N–H and O–H groups in total. The van der Waals surface area contributed by atoms with Crippen LogP contribution < -0.4 is 15.4 Å². The van der Waals surface area contributed by atoms with Gasteiger partial charge in [-0.1, -0.05) is 6.07 Å². The lowest BCUT2D eigenvalue weighted by Crippen LogP contribution is -2.38. The Kier molecular flexibility index (Phi) is 6.48. The van der Waals surface area contributed by atoms with E-state index in [-0.39, 0.29) is 36.2 Å². The lowest BCUT2D eigenvalue weighted by molar-refractivity contribution is -0.117. The van der Waals surface area contributed by atoms with Gasteiger partial charge in [0, 0.05) is 29.9 Å². The van der Waals surface area contributed by atoms with Gasteiger partial charge in [0.1, 0.15) is 18.1 Å². The van der Waals surface area contributed by atoms with Crippen molar-refractivity contribution in [3.8, 4) is 17.0 Å². The van der Waals surface area contributed by atoms with Gasteiger partial charge in [0.05, 0.1) is 24.8 Å². The maximum Gasteiger partial charge on any atom is 0.217 e. The maximum atomic E-state index is 14.8. The zero-order chi connectivity index (χ0) is 23.5. The van der Waals surface area contributed by atoms with Crippen molar-refractivity contribution in [1.82, 2.24) is 15.0 Å². The molecule has 1 amide bonds.